The Labute approximate surface area is 180 Å². The van der Waals surface area contributed by atoms with Crippen molar-refractivity contribution in [3.63, 3.8) is 0 Å². The maximum atomic E-state index is 11.6. The van der Waals surface area contributed by atoms with E-state index in [0.29, 0.717) is 0 Å². The van der Waals surface area contributed by atoms with Crippen molar-refractivity contribution in [1.29, 1.82) is 0 Å². The minimum atomic E-state index is 0.148. The first-order valence-corrected chi connectivity index (χ1v) is 10.5. The highest BCUT2D eigenvalue weighted by Crippen LogP contribution is 2.27. The van der Waals surface area contributed by atoms with Gasteiger partial charge in [0.1, 0.15) is 5.82 Å². The number of nitrogens with zero attached hydrogens (tertiary/aromatic N) is 7. The lowest BCUT2D eigenvalue weighted by Gasteiger charge is -2.35. The van der Waals surface area contributed by atoms with Crippen LogP contribution in [-0.4, -0.2) is 61.1 Å². The number of fused-ring (bicyclic) bond motifs is 1. The topological polar surface area (TPSA) is 71.6 Å². The van der Waals surface area contributed by atoms with E-state index in [9.17, 15) is 4.79 Å². The van der Waals surface area contributed by atoms with Crippen LogP contribution in [0.25, 0.3) is 22.7 Å². The summed E-state index contributed by atoms with van der Waals surface area (Å²) in [4.78, 5) is 25.1. The molecule has 158 valence electrons. The molecule has 1 fully saturated rings. The summed E-state index contributed by atoms with van der Waals surface area (Å²) < 4.78 is 3.92. The maximum Gasteiger partial charge on any atom is 0.219 e. The predicted molar refractivity (Wildman–Crippen MR) is 119 cm³/mol. The first-order chi connectivity index (χ1) is 15.0. The van der Waals surface area contributed by atoms with E-state index < -0.39 is 0 Å². The molecular formula is C23H25N7O. The Hall–Kier alpha value is -3.68. The van der Waals surface area contributed by atoms with Crippen molar-refractivity contribution in [2.45, 2.75) is 20.8 Å². The number of imidazole rings is 1. The van der Waals surface area contributed by atoms with Gasteiger partial charge in [0.25, 0.3) is 0 Å². The molecule has 8 heteroatoms. The highest BCUT2D eigenvalue weighted by atomic mass is 16.2. The van der Waals surface area contributed by atoms with E-state index in [1.54, 1.807) is 13.1 Å². The van der Waals surface area contributed by atoms with E-state index in [0.717, 1.165) is 66.0 Å². The lowest BCUT2D eigenvalue weighted by Crippen LogP contribution is -2.48. The van der Waals surface area contributed by atoms with Gasteiger partial charge in [0.2, 0.25) is 5.91 Å². The first-order valence-electron chi connectivity index (χ1n) is 10.5. The number of hydrogen-bond donors (Lipinski definition) is 0. The average molecular weight is 416 g/mol. The molecular weight excluding hydrogens is 390 g/mol. The molecule has 0 saturated carbocycles. The molecule has 5 rings (SSSR count). The minimum absolute atomic E-state index is 0.148. The highest BCUT2D eigenvalue weighted by molar-refractivity contribution is 5.74. The molecule has 0 atom stereocenters. The maximum absolute atomic E-state index is 11.6. The second-order valence-electron chi connectivity index (χ2n) is 7.96. The molecule has 4 aromatic rings. The average Bonchev–Trinajstić information content (AvgIpc) is 3.41. The summed E-state index contributed by atoms with van der Waals surface area (Å²) in [5, 5.41) is 4.51. The number of amides is 1. The van der Waals surface area contributed by atoms with Gasteiger partial charge in [0.15, 0.2) is 5.65 Å². The quantitative estimate of drug-likeness (QED) is 0.515. The second-order valence-corrected chi connectivity index (χ2v) is 7.96. The van der Waals surface area contributed by atoms with Crippen molar-refractivity contribution >= 4 is 17.2 Å². The van der Waals surface area contributed by atoms with Gasteiger partial charge in [-0.05, 0) is 44.2 Å². The molecule has 0 radical (unpaired) electrons. The van der Waals surface area contributed by atoms with E-state index in [1.165, 1.54) is 0 Å². The molecule has 1 aromatic carbocycles. The fourth-order valence-corrected chi connectivity index (χ4v) is 4.24. The third-order valence-corrected chi connectivity index (χ3v) is 5.88. The number of anilines is 1. The summed E-state index contributed by atoms with van der Waals surface area (Å²) >= 11 is 0. The van der Waals surface area contributed by atoms with Gasteiger partial charge in [-0.3, -0.25) is 9.36 Å². The van der Waals surface area contributed by atoms with Gasteiger partial charge in [0.05, 0.1) is 11.8 Å². The zero-order valence-electron chi connectivity index (χ0n) is 18.0. The van der Waals surface area contributed by atoms with E-state index in [2.05, 4.69) is 43.8 Å². The van der Waals surface area contributed by atoms with Crippen molar-refractivity contribution in [2.75, 3.05) is 31.1 Å². The molecule has 31 heavy (non-hydrogen) atoms. The van der Waals surface area contributed by atoms with Crippen LogP contribution in [0.5, 0.6) is 0 Å². The lowest BCUT2D eigenvalue weighted by molar-refractivity contribution is -0.129. The summed E-state index contributed by atoms with van der Waals surface area (Å²) in [6.07, 6.45) is 5.59. The molecule has 0 spiro atoms. The number of hydrogen-bond acceptors (Lipinski definition) is 5. The van der Waals surface area contributed by atoms with Crippen LogP contribution >= 0.6 is 0 Å². The van der Waals surface area contributed by atoms with Crippen LogP contribution in [0.2, 0.25) is 0 Å². The Balaban J connectivity index is 1.43. The molecule has 3 aromatic heterocycles. The van der Waals surface area contributed by atoms with Gasteiger partial charge >= 0.3 is 0 Å². The van der Waals surface area contributed by atoms with Gasteiger partial charge in [-0.15, -0.1) is 0 Å². The van der Waals surface area contributed by atoms with Gasteiger partial charge in [-0.1, -0.05) is 0 Å². The molecule has 8 nitrogen and oxygen atoms in total. The van der Waals surface area contributed by atoms with Gasteiger partial charge in [0, 0.05) is 68.3 Å². The number of aromatic nitrogens is 5. The minimum Gasteiger partial charge on any atom is -0.368 e. The largest absolute Gasteiger partial charge is 0.368 e. The van der Waals surface area contributed by atoms with E-state index >= 15 is 0 Å². The molecule has 0 bridgehead atoms. The molecule has 1 amide bonds. The van der Waals surface area contributed by atoms with Gasteiger partial charge < -0.3 is 9.80 Å². The fourth-order valence-electron chi connectivity index (χ4n) is 4.24. The number of carbonyl (C=O) groups excluding carboxylic acids is 1. The van der Waals surface area contributed by atoms with E-state index in [-0.39, 0.29) is 5.91 Å². The zero-order valence-corrected chi connectivity index (χ0v) is 18.0. The predicted octanol–water partition coefficient (Wildman–Crippen LogP) is 2.87. The third-order valence-electron chi connectivity index (χ3n) is 5.88. The van der Waals surface area contributed by atoms with E-state index in [1.807, 2.05) is 41.7 Å². The zero-order chi connectivity index (χ0) is 21.5. The summed E-state index contributed by atoms with van der Waals surface area (Å²) in [6.45, 7) is 8.89. The third kappa shape index (κ3) is 3.43. The van der Waals surface area contributed by atoms with Crippen LogP contribution in [0.1, 0.15) is 18.3 Å². The Morgan fingerprint density at radius 2 is 1.71 bits per heavy atom. The van der Waals surface area contributed by atoms with E-state index in [4.69, 9.17) is 4.98 Å². The van der Waals surface area contributed by atoms with Crippen LogP contribution in [0, 0.1) is 13.8 Å². The Morgan fingerprint density at radius 3 is 2.42 bits per heavy atom. The Kier molecular flexibility index (Phi) is 4.69. The normalized spacial score (nSPS) is 14.4. The number of piperazine rings is 1. The van der Waals surface area contributed by atoms with Crippen LogP contribution in [0.15, 0.2) is 48.9 Å². The summed E-state index contributed by atoms with van der Waals surface area (Å²) in [6, 6.07) is 10.5. The van der Waals surface area contributed by atoms with Crippen LogP contribution in [-0.2, 0) is 4.79 Å². The van der Waals surface area contributed by atoms with Crippen molar-refractivity contribution in [2.24, 2.45) is 0 Å². The van der Waals surface area contributed by atoms with Gasteiger partial charge in [-0.25, -0.2) is 14.5 Å². The molecule has 1 aliphatic heterocycles. The van der Waals surface area contributed by atoms with Crippen LogP contribution in [0.3, 0.4) is 0 Å². The molecule has 1 aliphatic rings. The summed E-state index contributed by atoms with van der Waals surface area (Å²) in [5.74, 6) is 0.963. The molecule has 0 N–H and O–H groups in total. The summed E-state index contributed by atoms with van der Waals surface area (Å²) in [7, 11) is 0. The van der Waals surface area contributed by atoms with Crippen molar-refractivity contribution in [3.8, 4) is 17.1 Å². The number of benzene rings is 1. The lowest BCUT2D eigenvalue weighted by atomic mass is 10.2. The molecule has 0 unspecified atom stereocenters. The first kappa shape index (κ1) is 19.3. The molecule has 4 heterocycles. The van der Waals surface area contributed by atoms with Crippen LogP contribution in [0.4, 0.5) is 5.69 Å². The number of carbonyl (C=O) groups is 1. The van der Waals surface area contributed by atoms with Crippen molar-refractivity contribution in [3.05, 3.63) is 60.3 Å². The van der Waals surface area contributed by atoms with Crippen LogP contribution < -0.4 is 4.90 Å². The number of aryl methyl sites for hydroxylation is 2. The molecule has 1 saturated heterocycles. The number of rotatable bonds is 3. The SMILES string of the molecule is CC(=O)N1CCN(c2ccc(-n3ccnc3-c3cnn4c(C)cc(C)nc34)cc2)CC1. The van der Waals surface area contributed by atoms with Gasteiger partial charge in [-0.2, -0.15) is 5.10 Å². The van der Waals surface area contributed by atoms with Crippen molar-refractivity contribution < 1.29 is 4.79 Å². The summed E-state index contributed by atoms with van der Waals surface area (Å²) in [5.41, 5.74) is 5.91. The molecule has 0 aliphatic carbocycles. The van der Waals surface area contributed by atoms with Crippen molar-refractivity contribution in [1.82, 2.24) is 29.0 Å². The Morgan fingerprint density at radius 1 is 1.00 bits per heavy atom. The standard InChI is InChI=1S/C23H25N7O/c1-16-14-17(2)30-23(26-16)21(15-25-30)22-24-8-9-29(22)20-6-4-19(5-7-20)28-12-10-27(11-13-28)18(3)31/h4-9,14-15H,10-13H2,1-3H3. The second kappa shape index (κ2) is 7.54. The monoisotopic (exact) mass is 415 g/mol. The smallest absolute Gasteiger partial charge is 0.219 e. The highest BCUT2D eigenvalue weighted by Gasteiger charge is 2.19. The Bertz CT molecular complexity index is 1250. The fraction of sp³-hybridized carbons (Fsp3) is 0.304.